The molecule has 712 valence electrons. The molecule has 3 fully saturated rings. The maximum Gasteiger partial charge on any atom is 1.00 e. The van der Waals surface area contributed by atoms with Crippen LogP contribution in [0.15, 0.2) is 324 Å². The van der Waals surface area contributed by atoms with Crippen LogP contribution >= 0.6 is 87.1 Å². The number of thioether (sulfide) groups is 3. The van der Waals surface area contributed by atoms with Crippen LogP contribution < -0.4 is 59.4 Å². The predicted octanol–water partition coefficient (Wildman–Crippen LogP) is 21.1. The van der Waals surface area contributed by atoms with E-state index in [4.69, 9.17) is 36.7 Å². The average molecular weight is 2080 g/mol. The Morgan fingerprint density at radius 3 is 1.15 bits per heavy atom. The topological polar surface area (TPSA) is 430 Å². The van der Waals surface area contributed by atoms with Crippen LogP contribution in [0.5, 0.6) is 0 Å². The second kappa shape index (κ2) is 51.8. The van der Waals surface area contributed by atoms with Gasteiger partial charge in [0.2, 0.25) is 17.8 Å². The van der Waals surface area contributed by atoms with E-state index in [0.717, 1.165) is 159 Å². The zero-order chi connectivity index (χ0) is 92.7. The fraction of sp³-hybridized carbons (Fsp3) is 0.400. The quantitative estimate of drug-likeness (QED) is 0.00675. The number of piperidine rings is 3. The maximum absolute atomic E-state index is 13.2. The van der Waals surface area contributed by atoms with Crippen molar-refractivity contribution in [2.75, 3.05) is 71.2 Å². The number of halogens is 2. The molecule has 3 spiro atoms. The molecule has 6 aromatic carbocycles. The zero-order valence-electron chi connectivity index (χ0n) is 76.5. The molecule has 12 aromatic rings. The van der Waals surface area contributed by atoms with Gasteiger partial charge in [-0.05, 0) is 308 Å². The summed E-state index contributed by atoms with van der Waals surface area (Å²) in [5.41, 5.74) is 30.3. The standard InChI is InChI=1S/C31H37N5OS3.C27H29N5S2.C23H28N5OS.C8H9BrS.CH4.ClH.H2N18.Na.H2S/c1-5-38-24-12-8-9-13-25(24)39-26-21-33-29(36-19-16-32-28(26)36)35-17-14-31(15-18-35)20-22-10-6-7-11-23(22)27(31)34-40(37)30(2,3)4;1-2-33-21-9-5-6-10-22(21)34-23-18-30-26(32-16-13-29-25(23)32)31-14-11-27(12-15-31)17-19-7-3-4-8-20(19)24(27)28;1-22(2,3)30(29)26-20-18-7-5-4-6-17(18)16-23(20)9-13-27(14-10-23)21-25-11-8-19-24-12-15-28(19)21;1-2-10-8-6-4-3-5-7(8)9;;;1-3-5-7-9-11-13-15-17-18-16-14-12-10-8-6-4-2;;/h6-13,16,19,21,27,34H,5,14-15,17-18,20H2,1-4H3;3-10,13,16,18,24H,2,11-12,14-15,17,28H2,1H3;4-7,11-12,15,20,26H,9-10,13-14,16H2,1-3H3;3-6H,2H2,1H3;1H4;1H;1-2H;;1H2/q;;-1;;;;;+1;/p-1/b;;;;;;3-1?,4-2?,7-5+,8-6+,11-9+,12-10+,15-13+,16-14+,18-17+;;/t27-,40-;24-;20-,30-;;;;;;/m111....../s1. The summed E-state index contributed by atoms with van der Waals surface area (Å²) in [6.07, 6.45) is 26.6. The smallest absolute Gasteiger partial charge is 0.813 e. The van der Waals surface area contributed by atoms with E-state index in [-0.39, 0.29) is 107 Å². The number of aromatic nitrogens is 9. The summed E-state index contributed by atoms with van der Waals surface area (Å²) in [6.45, 7) is 24.3. The van der Waals surface area contributed by atoms with Gasteiger partial charge in [-0.15, -0.1) is 53.9 Å². The number of hydrogen-bond donors (Lipinski definition) is 5. The monoisotopic (exact) mass is 2080 g/mol. The van der Waals surface area contributed by atoms with Crippen LogP contribution in [0.2, 0.25) is 0 Å². The summed E-state index contributed by atoms with van der Waals surface area (Å²) in [5, 5.41) is 45.6. The first-order valence-corrected chi connectivity index (χ1v) is 50.9. The third kappa shape index (κ3) is 26.8. The number of fused-ring (bicyclic) bond motifs is 6. The molecule has 6 aliphatic rings. The molecule has 0 amide bonds. The second-order valence-corrected chi connectivity index (χ2v) is 44.6. The van der Waals surface area contributed by atoms with Crippen molar-refractivity contribution < 1.29 is 38.0 Å². The molecule has 46 heteroatoms. The number of imidazole rings is 3. The van der Waals surface area contributed by atoms with E-state index in [9.17, 15) is 8.42 Å². The summed E-state index contributed by atoms with van der Waals surface area (Å²) in [7, 11) is -2.25. The molecule has 0 bridgehead atoms. The number of thiol groups is 1. The Balaban J connectivity index is 0.000000184. The first-order chi connectivity index (χ1) is 64.1. The van der Waals surface area contributed by atoms with E-state index >= 15 is 0 Å². The van der Waals surface area contributed by atoms with Crippen molar-refractivity contribution in [2.24, 2.45) is 106 Å². The SMILES string of the molecule is C.CC(C)(C)[S@@](=O)N[C@@H]1c2ccccc2CC12CCN(c1nc[c-]c3nccn13)CC2.CCSc1ccccc1Br.CCSc1ccccc1Sc1cnc(N2CCC3(CC2)Cc2ccccc2[C@H]3N)n2ccnc12.CCSc1ccccc1Sc1cnc(N2CCC3(CC2)Cc2ccccc2[C@H]3N[S@](=O)C(C)(C)C)n2ccnc12.Cl.N=N/N=N/N=N/N=N/N=N/N=N/N=N/N=N/N=N.[Na+].[SH-]. The Labute approximate surface area is 862 Å². The van der Waals surface area contributed by atoms with Gasteiger partial charge in [0.1, 0.15) is 0 Å². The summed E-state index contributed by atoms with van der Waals surface area (Å²) in [4.78, 5) is 44.0. The fourth-order valence-corrected chi connectivity index (χ4v) is 24.4. The number of benzene rings is 6. The Morgan fingerprint density at radius 2 is 0.765 bits per heavy atom. The Bertz CT molecular complexity index is 6190. The Hall–Kier alpha value is -8.97. The molecule has 0 radical (unpaired) electrons. The van der Waals surface area contributed by atoms with Crippen molar-refractivity contribution in [1.82, 2.24) is 52.6 Å². The molecule has 6 aromatic heterocycles. The minimum atomic E-state index is -1.14. The normalized spacial score (nSPS) is 17.8. The van der Waals surface area contributed by atoms with Crippen LogP contribution in [0, 0.1) is 33.4 Å². The largest absolute Gasteiger partial charge is 1.00 e. The molecule has 18 rings (SSSR count). The number of hydrogen-bond acceptors (Lipinski definition) is 20. The molecule has 6 N–H and O–H groups in total. The molecule has 0 unspecified atom stereocenters. The minimum Gasteiger partial charge on any atom is -0.813 e. The Morgan fingerprint density at radius 1 is 0.441 bits per heavy atom. The molecule has 5 atom stereocenters. The van der Waals surface area contributed by atoms with Crippen molar-refractivity contribution in [1.29, 1.82) is 11.1 Å². The van der Waals surface area contributed by atoms with Gasteiger partial charge in [-0.1, -0.05) is 161 Å². The van der Waals surface area contributed by atoms with Gasteiger partial charge in [0.05, 0.1) is 53.3 Å². The van der Waals surface area contributed by atoms with E-state index in [0.29, 0.717) is 0 Å². The molecular formula is C90H111BrClN33NaO2S8-. The van der Waals surface area contributed by atoms with Crippen molar-refractivity contribution in [3.8, 4) is 0 Å². The van der Waals surface area contributed by atoms with Gasteiger partial charge in [0.15, 0.2) is 11.3 Å². The first kappa shape index (κ1) is 109. The van der Waals surface area contributed by atoms with Crippen LogP contribution in [0.4, 0.5) is 17.8 Å². The van der Waals surface area contributed by atoms with Crippen LogP contribution in [0.3, 0.4) is 0 Å². The summed E-state index contributed by atoms with van der Waals surface area (Å²) in [6, 6.07) is 54.9. The van der Waals surface area contributed by atoms with Gasteiger partial charge in [0.25, 0.3) is 0 Å². The van der Waals surface area contributed by atoms with E-state index in [1.807, 2.05) is 131 Å². The molecule has 35 nitrogen and oxygen atoms in total. The number of nitrogens with one attached hydrogen (secondary N) is 4. The predicted molar refractivity (Wildman–Crippen MR) is 546 cm³/mol. The van der Waals surface area contributed by atoms with Crippen molar-refractivity contribution in [3.63, 3.8) is 0 Å². The van der Waals surface area contributed by atoms with Gasteiger partial charge >= 0.3 is 29.6 Å². The van der Waals surface area contributed by atoms with E-state index < -0.39 is 22.0 Å². The zero-order valence-corrected chi connectivity index (χ0v) is 87.5. The summed E-state index contributed by atoms with van der Waals surface area (Å²) >= 11 is 12.6. The van der Waals surface area contributed by atoms with Crippen molar-refractivity contribution in [3.05, 3.63) is 245 Å². The molecular weight excluding hydrogens is 1970 g/mol. The van der Waals surface area contributed by atoms with Crippen LogP contribution in [-0.4, -0.2) is 118 Å². The van der Waals surface area contributed by atoms with Gasteiger partial charge in [-0.25, -0.2) is 37.8 Å². The number of nitrogens with zero attached hydrogens (tertiary/aromatic N) is 28. The Kier molecular flexibility index (Phi) is 41.5. The van der Waals surface area contributed by atoms with Gasteiger partial charge in [0, 0.05) is 124 Å². The molecule has 3 aliphatic carbocycles. The van der Waals surface area contributed by atoms with E-state index in [1.54, 1.807) is 35.9 Å². The van der Waals surface area contributed by atoms with Crippen molar-refractivity contribution in [2.45, 2.75) is 189 Å². The van der Waals surface area contributed by atoms with Gasteiger partial charge in [-0.2, -0.15) is 11.1 Å². The molecule has 3 aliphatic heterocycles. The maximum atomic E-state index is 13.2. The summed E-state index contributed by atoms with van der Waals surface area (Å²) in [5.74, 6) is 6.07. The van der Waals surface area contributed by atoms with Gasteiger partial charge < -0.3 is 44.4 Å². The average Bonchev–Trinajstić information content (AvgIpc) is 1.60. The van der Waals surface area contributed by atoms with Gasteiger partial charge in [-0.3, -0.25) is 18.8 Å². The third-order valence-corrected chi connectivity index (χ3v) is 33.2. The molecule has 9 heterocycles. The van der Waals surface area contributed by atoms with E-state index in [2.05, 4.69) is 309 Å². The van der Waals surface area contributed by atoms with Crippen LogP contribution in [0.1, 0.15) is 160 Å². The summed E-state index contributed by atoms with van der Waals surface area (Å²) < 4.78 is 40.3. The van der Waals surface area contributed by atoms with E-state index in [1.165, 1.54) is 62.3 Å². The van der Waals surface area contributed by atoms with Crippen LogP contribution in [-0.2, 0) is 54.7 Å². The first-order valence-electron chi connectivity index (χ1n) is 43.2. The van der Waals surface area contributed by atoms with Crippen molar-refractivity contribution >= 4 is 157 Å². The molecule has 136 heavy (non-hydrogen) atoms. The molecule has 0 saturated carbocycles. The van der Waals surface area contributed by atoms with Crippen LogP contribution in [0.25, 0.3) is 16.9 Å². The third-order valence-electron chi connectivity index (χ3n) is 23.8. The number of rotatable bonds is 25. The minimum absolute atomic E-state index is 0. The number of anilines is 3. The number of nitrogens with two attached hydrogens (primary N) is 1. The second-order valence-electron chi connectivity index (χ2n) is 33.7. The molecule has 3 saturated heterocycles. The fourth-order valence-electron chi connectivity index (χ4n) is 17.4.